The summed E-state index contributed by atoms with van der Waals surface area (Å²) in [7, 11) is 0. The van der Waals surface area contributed by atoms with Gasteiger partial charge in [0.1, 0.15) is 11.2 Å². The van der Waals surface area contributed by atoms with Crippen molar-refractivity contribution in [3.63, 3.8) is 0 Å². The molecule has 17 rings (SSSR count). The number of anilines is 3. The molecule has 0 aliphatic carbocycles. The van der Waals surface area contributed by atoms with Crippen molar-refractivity contribution in [1.82, 2.24) is 4.57 Å². The highest BCUT2D eigenvalue weighted by molar-refractivity contribution is 7.25. The summed E-state index contributed by atoms with van der Waals surface area (Å²) < 4.78 is 12.3. The number of hydrogen-bond acceptors (Lipinski definition) is 3. The smallest absolute Gasteiger partial charge is 0.252 e. The van der Waals surface area contributed by atoms with Crippen LogP contribution in [-0.2, 0) is 16.2 Å². The highest BCUT2D eigenvalue weighted by Gasteiger charge is 2.44. The summed E-state index contributed by atoms with van der Waals surface area (Å²) in [6, 6.07) is 92.5. The van der Waals surface area contributed by atoms with Crippen molar-refractivity contribution in [2.75, 3.05) is 4.90 Å². The van der Waals surface area contributed by atoms with Crippen LogP contribution in [0, 0.1) is 0 Å². The summed E-state index contributed by atoms with van der Waals surface area (Å²) in [5.41, 5.74) is 27.9. The van der Waals surface area contributed by atoms with Gasteiger partial charge in [-0.25, -0.2) is 0 Å². The number of thiophene rings is 1. The second-order valence-corrected chi connectivity index (χ2v) is 29.2. The Bertz CT molecular complexity index is 5310. The monoisotopic (exact) mass is 1160 g/mol. The maximum atomic E-state index is 7.03. The molecule has 5 heteroatoms. The number of aromatic nitrogens is 1. The van der Waals surface area contributed by atoms with E-state index in [4.69, 9.17) is 4.42 Å². The van der Waals surface area contributed by atoms with E-state index in [9.17, 15) is 0 Å². The summed E-state index contributed by atoms with van der Waals surface area (Å²) in [6.45, 7) is 21.1. The van der Waals surface area contributed by atoms with Crippen LogP contribution in [0.1, 0.15) is 79.0 Å². The van der Waals surface area contributed by atoms with E-state index < -0.39 is 0 Å². The molecule has 5 heterocycles. The summed E-state index contributed by atoms with van der Waals surface area (Å²) >= 11 is 1.90. The molecule has 0 bridgehead atoms. The van der Waals surface area contributed by atoms with Gasteiger partial charge >= 0.3 is 0 Å². The van der Waals surface area contributed by atoms with Crippen LogP contribution in [0.3, 0.4) is 0 Å². The maximum Gasteiger partial charge on any atom is 0.252 e. The molecule has 0 N–H and O–H groups in total. The van der Waals surface area contributed by atoms with Crippen LogP contribution in [0.4, 0.5) is 17.1 Å². The normalized spacial score (nSPS) is 13.2. The van der Waals surface area contributed by atoms with Gasteiger partial charge in [0.2, 0.25) is 0 Å². The van der Waals surface area contributed by atoms with Gasteiger partial charge in [-0.15, -0.1) is 11.3 Å². The zero-order chi connectivity index (χ0) is 60.4. The van der Waals surface area contributed by atoms with Gasteiger partial charge in [0.15, 0.2) is 0 Å². The average molecular weight is 1160 g/mol. The van der Waals surface area contributed by atoms with Gasteiger partial charge in [0.05, 0.1) is 11.2 Å². The molecule has 0 saturated heterocycles. The Morgan fingerprint density at radius 1 is 0.337 bits per heavy atom. The molecule has 0 radical (unpaired) electrons. The lowest BCUT2D eigenvalue weighted by atomic mass is 9.33. The molecular weight excluding hydrogens is 1100 g/mol. The van der Waals surface area contributed by atoms with Crippen molar-refractivity contribution in [2.45, 2.75) is 78.6 Å². The molecule has 0 atom stereocenters. The molecule has 0 amide bonds. The molecule has 12 aromatic carbocycles. The van der Waals surface area contributed by atoms with Crippen molar-refractivity contribution >= 4 is 115 Å². The van der Waals surface area contributed by atoms with Crippen molar-refractivity contribution in [1.29, 1.82) is 0 Å². The van der Waals surface area contributed by atoms with E-state index in [1.54, 1.807) is 0 Å². The lowest BCUT2D eigenvalue weighted by molar-refractivity contribution is 0.569. The van der Waals surface area contributed by atoms with Crippen LogP contribution in [0.25, 0.3) is 125 Å². The van der Waals surface area contributed by atoms with Gasteiger partial charge in [0.25, 0.3) is 6.71 Å². The van der Waals surface area contributed by atoms with Gasteiger partial charge in [-0.1, -0.05) is 232 Å². The molecule has 0 fully saturated rings. The molecule has 0 spiro atoms. The zero-order valence-electron chi connectivity index (χ0n) is 51.9. The molecule has 3 aromatic heterocycles. The molecule has 3 nitrogen and oxygen atoms in total. The Morgan fingerprint density at radius 3 is 1.53 bits per heavy atom. The highest BCUT2D eigenvalue weighted by atomic mass is 32.1. The number of benzene rings is 12. The number of rotatable bonds is 6. The minimum atomic E-state index is -0.213. The predicted molar refractivity (Wildman–Crippen MR) is 384 cm³/mol. The van der Waals surface area contributed by atoms with Gasteiger partial charge < -0.3 is 13.9 Å². The third kappa shape index (κ3) is 8.45. The van der Waals surface area contributed by atoms with E-state index in [1.165, 1.54) is 114 Å². The van der Waals surface area contributed by atoms with Crippen molar-refractivity contribution < 1.29 is 4.42 Å². The van der Waals surface area contributed by atoms with Gasteiger partial charge in [-0.05, 0) is 167 Å². The molecule has 2 aliphatic heterocycles. The third-order valence-electron chi connectivity index (χ3n) is 19.4. The van der Waals surface area contributed by atoms with Crippen LogP contribution in [0.5, 0.6) is 0 Å². The quantitative estimate of drug-likeness (QED) is 0.155. The van der Waals surface area contributed by atoms with Gasteiger partial charge in [-0.2, -0.15) is 0 Å². The molecular formula is C84H67BN2OS. The largest absolute Gasteiger partial charge is 0.456 e. The Hall–Kier alpha value is -9.68. The summed E-state index contributed by atoms with van der Waals surface area (Å²) in [5, 5.41) is 7.35. The van der Waals surface area contributed by atoms with Crippen LogP contribution >= 0.6 is 11.3 Å². The number of furan rings is 1. The summed E-state index contributed by atoms with van der Waals surface area (Å²) in [5.74, 6) is 0. The number of para-hydroxylation sites is 2. The van der Waals surface area contributed by atoms with E-state index in [2.05, 4.69) is 314 Å². The van der Waals surface area contributed by atoms with Crippen LogP contribution in [-0.4, -0.2) is 11.3 Å². The third-order valence-corrected chi connectivity index (χ3v) is 20.5. The minimum Gasteiger partial charge on any atom is -0.456 e. The minimum absolute atomic E-state index is 0.105. The summed E-state index contributed by atoms with van der Waals surface area (Å²) in [6.07, 6.45) is 0. The molecule has 0 unspecified atom stereocenters. The van der Waals surface area contributed by atoms with Crippen LogP contribution < -0.4 is 21.3 Å². The molecule has 0 saturated carbocycles. The highest BCUT2D eigenvalue weighted by Crippen LogP contribution is 2.53. The number of hydrogen-bond donors (Lipinski definition) is 0. The van der Waals surface area contributed by atoms with E-state index in [1.807, 2.05) is 11.3 Å². The fourth-order valence-corrected chi connectivity index (χ4v) is 15.8. The van der Waals surface area contributed by atoms with E-state index in [-0.39, 0.29) is 23.0 Å². The van der Waals surface area contributed by atoms with Crippen LogP contribution in [0.15, 0.2) is 247 Å². The molecule has 2 aliphatic rings. The topological polar surface area (TPSA) is 21.3 Å². The summed E-state index contributed by atoms with van der Waals surface area (Å²) in [4.78, 5) is 2.72. The maximum absolute atomic E-state index is 7.03. The predicted octanol–water partition coefficient (Wildman–Crippen LogP) is 21.9. The Morgan fingerprint density at radius 2 is 0.876 bits per heavy atom. The number of nitrogens with zero attached hydrogens (tertiary/aromatic N) is 2. The SMILES string of the molecule is CC(C)(C)c1cc(-c2cc3c4c(c2)-n2c5cc6sc7ccccc7c6cc5c5cccc(c52)B4c2cc4oc5ccccc5c4cc2N3c2c(-c3cccc(-c4ccccc4)c3)cc(C(C)(C)C)cc2-c2cccc(-c3ccccc3)c2)cc(C(C)(C)C)c1. The second-order valence-electron chi connectivity index (χ2n) is 28.1. The van der Waals surface area contributed by atoms with Gasteiger partial charge in [0, 0.05) is 75.4 Å². The van der Waals surface area contributed by atoms with Crippen LogP contribution in [0.2, 0.25) is 0 Å². The standard InChI is InChI=1S/C84H67BN2OS/c1-82(2,3)58-39-56(40-59(43-58)83(4,5)6)57-41-73-79-74(42-57)87(80-64(54-29-20-27-52(37-54)50-23-12-10-13-24-50)44-60(84(7,8)9)45-65(80)55-30-21-28-53(38-55)51-25-14-11-15-26-51)72-47-67-61-31-16-18-35-75(61)88-76(67)48-70(72)85(79)69-34-22-33-63-66-46-68-62-32-17-19-36-77(62)89-78(68)49-71(66)86(73)81(63)69/h10-49H,1-9H3. The second kappa shape index (κ2) is 19.4. The Kier molecular flexibility index (Phi) is 11.7. The number of fused-ring (bicyclic) bond motifs is 13. The lowest BCUT2D eigenvalue weighted by Crippen LogP contribution is -2.60. The first kappa shape index (κ1) is 53.6. The molecule has 428 valence electrons. The lowest BCUT2D eigenvalue weighted by Gasteiger charge is -2.42. The Labute approximate surface area is 525 Å². The Balaban J connectivity index is 1.07. The fraction of sp³-hybridized carbons (Fsp3) is 0.143. The fourth-order valence-electron chi connectivity index (χ4n) is 14.7. The van der Waals surface area contributed by atoms with Gasteiger partial charge in [-0.3, -0.25) is 0 Å². The van der Waals surface area contributed by atoms with Crippen molar-refractivity contribution in [2.24, 2.45) is 0 Å². The van der Waals surface area contributed by atoms with E-state index >= 15 is 0 Å². The van der Waals surface area contributed by atoms with Crippen molar-refractivity contribution in [3.05, 3.63) is 259 Å². The first-order chi connectivity index (χ1) is 43.0. The molecule has 15 aromatic rings. The average Bonchev–Trinajstić information content (AvgIpc) is 1.67. The van der Waals surface area contributed by atoms with E-state index in [0.717, 1.165) is 61.3 Å². The molecule has 89 heavy (non-hydrogen) atoms. The van der Waals surface area contributed by atoms with E-state index in [0.29, 0.717) is 0 Å². The zero-order valence-corrected chi connectivity index (χ0v) is 52.7. The first-order valence-electron chi connectivity index (χ1n) is 31.5. The first-order valence-corrected chi connectivity index (χ1v) is 32.3. The van der Waals surface area contributed by atoms with Crippen molar-refractivity contribution in [3.8, 4) is 61.3 Å².